The molecule has 0 unspecified atom stereocenters. The first-order valence-corrected chi connectivity index (χ1v) is 10.6. The second kappa shape index (κ2) is 9.24. The maximum atomic E-state index is 12.9. The number of hydrazine groups is 1. The summed E-state index contributed by atoms with van der Waals surface area (Å²) in [5.74, 6) is -0.586. The molecule has 0 saturated carbocycles. The third kappa shape index (κ3) is 4.65. The van der Waals surface area contributed by atoms with Crippen LogP contribution in [0.4, 0.5) is 5.69 Å². The van der Waals surface area contributed by atoms with Gasteiger partial charge in [0.15, 0.2) is 6.04 Å². The Bertz CT molecular complexity index is 1140. The number of benzene rings is 3. The molecule has 1 aliphatic heterocycles. The fourth-order valence-electron chi connectivity index (χ4n) is 3.67. The lowest BCUT2D eigenvalue weighted by molar-refractivity contribution is -0.596. The van der Waals surface area contributed by atoms with Crippen LogP contribution in [0.2, 0.25) is 5.02 Å². The Morgan fingerprint density at radius 3 is 2.28 bits per heavy atom. The molecule has 6 nitrogen and oxygen atoms in total. The molecule has 0 aliphatic carbocycles. The first kappa shape index (κ1) is 21.6. The lowest BCUT2D eigenvalue weighted by atomic mass is 10.00. The molecule has 1 saturated heterocycles. The van der Waals surface area contributed by atoms with E-state index in [-0.39, 0.29) is 11.8 Å². The van der Waals surface area contributed by atoms with Crippen LogP contribution in [-0.4, -0.2) is 42.9 Å². The summed E-state index contributed by atoms with van der Waals surface area (Å²) in [4.78, 5) is 27.7. The molecule has 2 N–H and O–H groups in total. The van der Waals surface area contributed by atoms with E-state index in [0.29, 0.717) is 10.6 Å². The predicted molar refractivity (Wildman–Crippen MR) is 126 cm³/mol. The van der Waals surface area contributed by atoms with E-state index in [2.05, 4.69) is 10.7 Å². The molecule has 2 atom stereocenters. The average molecular weight is 448 g/mol. The van der Waals surface area contributed by atoms with Crippen LogP contribution in [0.25, 0.3) is 0 Å². The number of carbonyl (C=O) groups excluding carboxylic acids is 2. The zero-order chi connectivity index (χ0) is 22.7. The summed E-state index contributed by atoms with van der Waals surface area (Å²) < 4.78 is 1.74. The Labute approximate surface area is 192 Å². The number of carbonyl (C=O) groups is 2. The van der Waals surface area contributed by atoms with Gasteiger partial charge in [-0.3, -0.25) is 9.59 Å². The van der Waals surface area contributed by atoms with Gasteiger partial charge >= 0.3 is 5.91 Å². The van der Waals surface area contributed by atoms with Gasteiger partial charge in [0.1, 0.15) is 0 Å². The summed E-state index contributed by atoms with van der Waals surface area (Å²) >= 11 is 6.08. The van der Waals surface area contributed by atoms with Crippen LogP contribution in [0, 0.1) is 0 Å². The highest BCUT2D eigenvalue weighted by molar-refractivity contribution is 6.30. The third-order valence-electron chi connectivity index (χ3n) is 5.37. The van der Waals surface area contributed by atoms with E-state index < -0.39 is 12.1 Å². The minimum atomic E-state index is -0.777. The molecule has 3 aromatic carbocycles. The zero-order valence-corrected chi connectivity index (χ0v) is 18.6. The Morgan fingerprint density at radius 1 is 1.00 bits per heavy atom. The predicted octanol–water partition coefficient (Wildman–Crippen LogP) is 3.42. The Morgan fingerprint density at radius 2 is 1.66 bits per heavy atom. The van der Waals surface area contributed by atoms with Crippen molar-refractivity contribution in [1.82, 2.24) is 10.7 Å². The van der Waals surface area contributed by atoms with Crippen LogP contribution in [0.15, 0.2) is 78.9 Å². The van der Waals surface area contributed by atoms with Crippen molar-refractivity contribution in [3.05, 3.63) is 101 Å². The van der Waals surface area contributed by atoms with Crippen molar-refractivity contribution < 1.29 is 14.3 Å². The zero-order valence-electron chi connectivity index (χ0n) is 17.8. The first-order chi connectivity index (χ1) is 15.4. The number of nitrogens with zero attached hydrogens (tertiary/aromatic N) is 2. The van der Waals surface area contributed by atoms with Crippen LogP contribution < -0.4 is 15.6 Å². The average Bonchev–Trinajstić information content (AvgIpc) is 3.09. The fraction of sp³-hybridized carbons (Fsp3) is 0.160. The quantitative estimate of drug-likeness (QED) is 0.589. The molecule has 0 bridgehead atoms. The van der Waals surface area contributed by atoms with Crippen LogP contribution in [0.3, 0.4) is 0 Å². The number of amides is 2. The summed E-state index contributed by atoms with van der Waals surface area (Å²) in [6, 6.07) is 22.9. The molecule has 7 heteroatoms. The van der Waals surface area contributed by atoms with E-state index in [9.17, 15) is 9.59 Å². The molecule has 1 fully saturated rings. The van der Waals surface area contributed by atoms with Crippen molar-refractivity contribution in [2.75, 3.05) is 19.0 Å². The Balaban J connectivity index is 1.69. The second-order valence-corrected chi connectivity index (χ2v) is 8.25. The van der Waals surface area contributed by atoms with E-state index in [1.54, 1.807) is 41.1 Å². The standard InChI is InChI=1S/C25H23ClN4O2/c1-29(2)21-14-8-17(9-15-21)16-30-23(18-10-12-20(26)13-11-18)22(25(32)28-30)27-24(31)19-6-4-3-5-7-19/h3-16,22-23H,1-2H3,(H-,27,28,31,32)/p+1/t22-,23-/m0/s1. The van der Waals surface area contributed by atoms with E-state index in [1.807, 2.05) is 67.7 Å². The van der Waals surface area contributed by atoms with Gasteiger partial charge in [-0.25, -0.2) is 0 Å². The number of rotatable bonds is 5. The van der Waals surface area contributed by atoms with Crippen LogP contribution >= 0.6 is 11.6 Å². The van der Waals surface area contributed by atoms with Gasteiger partial charge in [0.25, 0.3) is 5.91 Å². The molecule has 2 amide bonds. The lowest BCUT2D eigenvalue weighted by Gasteiger charge is -2.15. The van der Waals surface area contributed by atoms with Crippen LogP contribution in [0.5, 0.6) is 0 Å². The van der Waals surface area contributed by atoms with Crippen LogP contribution in [0.1, 0.15) is 27.5 Å². The molecule has 32 heavy (non-hydrogen) atoms. The number of halogens is 1. The van der Waals surface area contributed by atoms with E-state index in [4.69, 9.17) is 11.6 Å². The highest BCUT2D eigenvalue weighted by Crippen LogP contribution is 2.27. The number of anilines is 1. The summed E-state index contributed by atoms with van der Waals surface area (Å²) in [5.41, 5.74) is 6.24. The second-order valence-electron chi connectivity index (χ2n) is 7.81. The highest BCUT2D eigenvalue weighted by Gasteiger charge is 2.47. The van der Waals surface area contributed by atoms with Crippen molar-refractivity contribution in [2.24, 2.45) is 0 Å². The molecular weight excluding hydrogens is 424 g/mol. The van der Waals surface area contributed by atoms with E-state index in [0.717, 1.165) is 16.8 Å². The van der Waals surface area contributed by atoms with Gasteiger partial charge < -0.3 is 10.2 Å². The highest BCUT2D eigenvalue weighted by atomic mass is 35.5. The number of nitrogens with one attached hydrogen (secondary N) is 2. The third-order valence-corrected chi connectivity index (χ3v) is 5.62. The van der Waals surface area contributed by atoms with Crippen molar-refractivity contribution in [3.63, 3.8) is 0 Å². The molecule has 162 valence electrons. The lowest BCUT2D eigenvalue weighted by Crippen LogP contribution is -2.42. The Hall–Kier alpha value is -3.64. The first-order valence-electron chi connectivity index (χ1n) is 10.2. The summed E-state index contributed by atoms with van der Waals surface area (Å²) in [5, 5.41) is 3.50. The molecule has 0 aromatic heterocycles. The molecule has 0 spiro atoms. The van der Waals surface area contributed by atoms with E-state index >= 15 is 0 Å². The maximum absolute atomic E-state index is 12.9. The molecule has 4 rings (SSSR count). The van der Waals surface area contributed by atoms with Gasteiger partial charge in [0, 0.05) is 41.5 Å². The summed E-state index contributed by atoms with van der Waals surface area (Å²) in [6.45, 7) is 0. The number of hydrazone groups is 1. The smallest absolute Gasteiger partial charge is 0.304 e. The van der Waals surface area contributed by atoms with E-state index in [1.165, 1.54) is 0 Å². The van der Waals surface area contributed by atoms with Crippen molar-refractivity contribution in [1.29, 1.82) is 0 Å². The van der Waals surface area contributed by atoms with Gasteiger partial charge in [-0.1, -0.05) is 41.9 Å². The maximum Gasteiger partial charge on any atom is 0.304 e. The van der Waals surface area contributed by atoms with Gasteiger partial charge in [-0.15, -0.1) is 10.1 Å². The molecule has 1 aliphatic rings. The molecular formula is C25H24ClN4O2+. The largest absolute Gasteiger partial charge is 0.378 e. The molecule has 3 aromatic rings. The number of hydrogen-bond acceptors (Lipinski definition) is 3. The summed E-state index contributed by atoms with van der Waals surface area (Å²) in [6.07, 6.45) is 1.87. The molecule has 1 heterocycles. The SMILES string of the molecule is CN(C)c1ccc(/C=[N+]2\NC(=O)[C@@H](NC(=O)c3ccccc3)[C@@H]2c2ccc(Cl)cc2)cc1. The van der Waals surface area contributed by atoms with Gasteiger partial charge in [0.05, 0.1) is 0 Å². The molecule has 0 radical (unpaired) electrons. The van der Waals surface area contributed by atoms with Crippen molar-refractivity contribution >= 4 is 35.3 Å². The minimum absolute atomic E-state index is 0.282. The minimum Gasteiger partial charge on any atom is -0.378 e. The topological polar surface area (TPSA) is 64.5 Å². The summed E-state index contributed by atoms with van der Waals surface area (Å²) in [7, 11) is 3.96. The monoisotopic (exact) mass is 447 g/mol. The Kier molecular flexibility index (Phi) is 6.23. The van der Waals surface area contributed by atoms with Gasteiger partial charge in [0.2, 0.25) is 12.3 Å². The number of hydrogen-bond donors (Lipinski definition) is 2. The van der Waals surface area contributed by atoms with Crippen molar-refractivity contribution in [2.45, 2.75) is 12.1 Å². The van der Waals surface area contributed by atoms with Gasteiger partial charge in [-0.05, 0) is 48.5 Å². The normalized spacial score (nSPS) is 19.0. The van der Waals surface area contributed by atoms with Gasteiger partial charge in [-0.2, -0.15) is 0 Å². The van der Waals surface area contributed by atoms with Crippen LogP contribution in [-0.2, 0) is 4.79 Å². The van der Waals surface area contributed by atoms with Crippen molar-refractivity contribution in [3.8, 4) is 0 Å². The fourth-order valence-corrected chi connectivity index (χ4v) is 3.80.